The maximum Gasteiger partial charge on any atom is 0.258 e. The summed E-state index contributed by atoms with van der Waals surface area (Å²) in [4.78, 5) is 30.7. The number of carbonyl (C=O) groups is 1. The topological polar surface area (TPSA) is 92.1 Å². The van der Waals surface area contributed by atoms with Gasteiger partial charge in [0.2, 0.25) is 5.78 Å². The van der Waals surface area contributed by atoms with E-state index in [4.69, 9.17) is 11.6 Å². The Hall–Kier alpha value is -2.67. The number of halogens is 1. The van der Waals surface area contributed by atoms with Gasteiger partial charge >= 0.3 is 0 Å². The van der Waals surface area contributed by atoms with Crippen LogP contribution in [0, 0.1) is 0 Å². The van der Waals surface area contributed by atoms with Crippen LogP contribution in [0.1, 0.15) is 23.1 Å². The predicted octanol–water partition coefficient (Wildman–Crippen LogP) is 1.89. The Morgan fingerprint density at radius 2 is 2.18 bits per heavy atom. The molecule has 0 aliphatic rings. The first kappa shape index (κ1) is 14.3. The number of H-pyrrole nitrogens is 1. The second-order valence-electron chi connectivity index (χ2n) is 4.57. The van der Waals surface area contributed by atoms with E-state index in [1.807, 2.05) is 6.92 Å². The number of aromatic nitrogens is 4. The van der Waals surface area contributed by atoms with Gasteiger partial charge in [-0.1, -0.05) is 30.7 Å². The molecule has 0 spiro atoms. The highest BCUT2D eigenvalue weighted by Crippen LogP contribution is 2.16. The lowest BCUT2D eigenvalue weighted by Crippen LogP contribution is -2.19. The largest absolute Gasteiger partial charge is 0.306 e. The van der Waals surface area contributed by atoms with Crippen molar-refractivity contribution in [3.05, 3.63) is 57.1 Å². The minimum Gasteiger partial charge on any atom is -0.306 e. The summed E-state index contributed by atoms with van der Waals surface area (Å²) >= 11 is 6.00. The van der Waals surface area contributed by atoms with Gasteiger partial charge in [-0.25, -0.2) is 0 Å². The van der Waals surface area contributed by atoms with Crippen molar-refractivity contribution in [2.45, 2.75) is 13.3 Å². The third kappa shape index (κ3) is 2.58. The second kappa shape index (κ2) is 5.61. The first-order valence-electron chi connectivity index (χ1n) is 6.63. The summed E-state index contributed by atoms with van der Waals surface area (Å²) < 4.78 is 1.38. The van der Waals surface area contributed by atoms with E-state index < -0.39 is 5.91 Å². The number of aromatic amines is 1. The molecular formula is C14H12ClN5O2. The van der Waals surface area contributed by atoms with Crippen LogP contribution in [0.2, 0.25) is 5.02 Å². The lowest BCUT2D eigenvalue weighted by Gasteiger charge is -2.07. The summed E-state index contributed by atoms with van der Waals surface area (Å²) in [5.41, 5.74) is -0.0644. The Bertz CT molecular complexity index is 915. The SMILES string of the molecule is CCc1nc2[nH]c(=O)cc(NC(=O)c3ccccc3Cl)n2n1. The summed E-state index contributed by atoms with van der Waals surface area (Å²) in [5, 5.41) is 7.19. The molecule has 0 aliphatic carbocycles. The molecule has 1 amide bonds. The zero-order valence-corrected chi connectivity index (χ0v) is 12.4. The van der Waals surface area contributed by atoms with Gasteiger partial charge < -0.3 is 5.32 Å². The Morgan fingerprint density at radius 1 is 1.41 bits per heavy atom. The molecular weight excluding hydrogens is 306 g/mol. The Morgan fingerprint density at radius 3 is 2.91 bits per heavy atom. The highest BCUT2D eigenvalue weighted by Gasteiger charge is 2.14. The third-order valence-corrected chi connectivity index (χ3v) is 3.39. The average molecular weight is 318 g/mol. The van der Waals surface area contributed by atoms with Crippen molar-refractivity contribution >= 4 is 29.1 Å². The number of hydrogen-bond acceptors (Lipinski definition) is 4. The summed E-state index contributed by atoms with van der Waals surface area (Å²) in [6.45, 7) is 1.90. The van der Waals surface area contributed by atoms with Crippen molar-refractivity contribution < 1.29 is 4.79 Å². The number of benzene rings is 1. The summed E-state index contributed by atoms with van der Waals surface area (Å²) in [5.74, 6) is 0.649. The van der Waals surface area contributed by atoms with Crippen molar-refractivity contribution in [1.82, 2.24) is 19.6 Å². The van der Waals surface area contributed by atoms with E-state index in [0.717, 1.165) is 0 Å². The number of hydrogen-bond donors (Lipinski definition) is 2. The maximum atomic E-state index is 12.3. The molecule has 1 aromatic carbocycles. The summed E-state index contributed by atoms with van der Waals surface area (Å²) in [7, 11) is 0. The van der Waals surface area contributed by atoms with E-state index in [-0.39, 0.29) is 17.2 Å². The molecule has 112 valence electrons. The smallest absolute Gasteiger partial charge is 0.258 e. The molecule has 3 rings (SSSR count). The second-order valence-corrected chi connectivity index (χ2v) is 4.98. The molecule has 0 fully saturated rings. The van der Waals surface area contributed by atoms with Crippen molar-refractivity contribution in [2.24, 2.45) is 0 Å². The van der Waals surface area contributed by atoms with Gasteiger partial charge in [0.05, 0.1) is 10.6 Å². The van der Waals surface area contributed by atoms with Crippen LogP contribution in [0.15, 0.2) is 35.1 Å². The normalized spacial score (nSPS) is 10.8. The van der Waals surface area contributed by atoms with Gasteiger partial charge in [0.25, 0.3) is 11.5 Å². The first-order valence-corrected chi connectivity index (χ1v) is 7.01. The first-order chi connectivity index (χ1) is 10.6. The van der Waals surface area contributed by atoms with Gasteiger partial charge in [0, 0.05) is 12.5 Å². The number of rotatable bonds is 3. The van der Waals surface area contributed by atoms with Gasteiger partial charge in [-0.3, -0.25) is 14.6 Å². The van der Waals surface area contributed by atoms with Crippen LogP contribution in [-0.2, 0) is 6.42 Å². The Labute approximate surface area is 130 Å². The predicted molar refractivity (Wildman–Crippen MR) is 82.4 cm³/mol. The Balaban J connectivity index is 2.03. The van der Waals surface area contributed by atoms with Crippen LogP contribution in [0.5, 0.6) is 0 Å². The molecule has 8 heteroatoms. The van der Waals surface area contributed by atoms with Gasteiger partial charge in [-0.15, -0.1) is 5.10 Å². The maximum absolute atomic E-state index is 12.3. The standard InChI is InChI=1S/C14H12ClN5O2/c1-2-10-16-14-18-12(21)7-11(20(14)19-10)17-13(22)8-5-3-4-6-9(8)15/h3-7H,2H2,1H3,(H,17,22)(H,16,18,19,21). The van der Waals surface area contributed by atoms with E-state index in [0.29, 0.717) is 22.8 Å². The highest BCUT2D eigenvalue weighted by atomic mass is 35.5. The highest BCUT2D eigenvalue weighted by molar-refractivity contribution is 6.34. The van der Waals surface area contributed by atoms with Crippen molar-refractivity contribution in [1.29, 1.82) is 0 Å². The Kier molecular flexibility index (Phi) is 3.64. The van der Waals surface area contributed by atoms with E-state index >= 15 is 0 Å². The van der Waals surface area contributed by atoms with Gasteiger partial charge in [0.15, 0.2) is 5.82 Å². The number of carbonyl (C=O) groups excluding carboxylic acids is 1. The van der Waals surface area contributed by atoms with Crippen LogP contribution in [0.3, 0.4) is 0 Å². The molecule has 0 unspecified atom stereocenters. The fourth-order valence-electron chi connectivity index (χ4n) is 2.00. The van der Waals surface area contributed by atoms with Gasteiger partial charge in [-0.05, 0) is 12.1 Å². The molecule has 2 N–H and O–H groups in total. The van der Waals surface area contributed by atoms with E-state index in [1.54, 1.807) is 24.3 Å². The number of anilines is 1. The zero-order valence-electron chi connectivity index (χ0n) is 11.6. The van der Waals surface area contributed by atoms with Crippen LogP contribution in [0.4, 0.5) is 5.82 Å². The number of amides is 1. The van der Waals surface area contributed by atoms with Crippen LogP contribution < -0.4 is 10.9 Å². The van der Waals surface area contributed by atoms with E-state index in [2.05, 4.69) is 20.4 Å². The third-order valence-electron chi connectivity index (χ3n) is 3.06. The minimum atomic E-state index is -0.425. The molecule has 0 radical (unpaired) electrons. The lowest BCUT2D eigenvalue weighted by atomic mass is 10.2. The monoisotopic (exact) mass is 317 g/mol. The van der Waals surface area contributed by atoms with Gasteiger partial charge in [0.1, 0.15) is 5.82 Å². The van der Waals surface area contributed by atoms with Crippen molar-refractivity contribution in [3.8, 4) is 0 Å². The quantitative estimate of drug-likeness (QED) is 0.771. The fraction of sp³-hybridized carbons (Fsp3) is 0.143. The molecule has 0 bridgehead atoms. The number of nitrogens with zero attached hydrogens (tertiary/aromatic N) is 3. The van der Waals surface area contributed by atoms with Crippen LogP contribution in [0.25, 0.3) is 5.78 Å². The molecule has 2 heterocycles. The van der Waals surface area contributed by atoms with Crippen molar-refractivity contribution in [3.63, 3.8) is 0 Å². The molecule has 22 heavy (non-hydrogen) atoms. The summed E-state index contributed by atoms with van der Waals surface area (Å²) in [6.07, 6.45) is 0.613. The fourth-order valence-corrected chi connectivity index (χ4v) is 2.22. The average Bonchev–Trinajstić information content (AvgIpc) is 2.90. The molecule has 0 aliphatic heterocycles. The molecule has 3 aromatic rings. The zero-order chi connectivity index (χ0) is 15.7. The lowest BCUT2D eigenvalue weighted by molar-refractivity contribution is 0.102. The molecule has 7 nitrogen and oxygen atoms in total. The molecule has 0 saturated carbocycles. The van der Waals surface area contributed by atoms with Gasteiger partial charge in [-0.2, -0.15) is 9.50 Å². The minimum absolute atomic E-state index is 0.232. The molecule has 0 saturated heterocycles. The van der Waals surface area contributed by atoms with E-state index in [1.165, 1.54) is 10.6 Å². The number of fused-ring (bicyclic) bond motifs is 1. The van der Waals surface area contributed by atoms with Crippen molar-refractivity contribution in [2.75, 3.05) is 5.32 Å². The molecule has 2 aromatic heterocycles. The summed E-state index contributed by atoms with van der Waals surface area (Å²) in [6, 6.07) is 7.90. The van der Waals surface area contributed by atoms with Crippen LogP contribution in [-0.4, -0.2) is 25.5 Å². The van der Waals surface area contributed by atoms with Crippen LogP contribution >= 0.6 is 11.6 Å². The molecule has 0 atom stereocenters. The van der Waals surface area contributed by atoms with E-state index in [9.17, 15) is 9.59 Å². The number of nitrogens with one attached hydrogen (secondary N) is 2. The number of aryl methyl sites for hydroxylation is 1.